The van der Waals surface area contributed by atoms with E-state index < -0.39 is 5.82 Å². The van der Waals surface area contributed by atoms with E-state index in [-0.39, 0.29) is 22.1 Å². The molecule has 76 valence electrons. The van der Waals surface area contributed by atoms with Crippen LogP contribution in [0.3, 0.4) is 0 Å². The van der Waals surface area contributed by atoms with Crippen LogP contribution in [0.15, 0.2) is 12.1 Å². The fraction of sp³-hybridized carbons (Fsp3) is 0.300. The molecule has 0 amide bonds. The third kappa shape index (κ3) is 2.23. The third-order valence-corrected chi connectivity index (χ3v) is 1.97. The number of carbonyl (C=O) groups excluding carboxylic acids is 1. The average Bonchev–Trinajstić information content (AvgIpc) is 2.01. The third-order valence-electron chi connectivity index (χ3n) is 1.67. The fourth-order valence-electron chi connectivity index (χ4n) is 1.16. The van der Waals surface area contributed by atoms with Crippen LogP contribution in [-0.2, 0) is 0 Å². The smallest absolute Gasteiger partial charge is 0.165 e. The zero-order chi connectivity index (χ0) is 10.7. The molecule has 1 aromatic rings. The molecule has 0 aliphatic carbocycles. The lowest BCUT2D eigenvalue weighted by atomic mass is 10.1. The second kappa shape index (κ2) is 4.42. The Morgan fingerprint density at radius 2 is 2.21 bits per heavy atom. The van der Waals surface area contributed by atoms with Crippen molar-refractivity contribution in [2.24, 2.45) is 0 Å². The van der Waals surface area contributed by atoms with Crippen LogP contribution in [0.4, 0.5) is 4.39 Å². The molecule has 0 aromatic heterocycles. The Balaban J connectivity index is 3.28. The Morgan fingerprint density at radius 3 is 2.71 bits per heavy atom. The number of ketones is 1. The van der Waals surface area contributed by atoms with Crippen molar-refractivity contribution in [3.05, 3.63) is 28.5 Å². The Labute approximate surface area is 86.6 Å². The maximum absolute atomic E-state index is 12.9. The minimum absolute atomic E-state index is 0.0842. The van der Waals surface area contributed by atoms with Gasteiger partial charge in [-0.3, -0.25) is 4.79 Å². The molecule has 0 bridgehead atoms. The summed E-state index contributed by atoms with van der Waals surface area (Å²) in [7, 11) is 0. The van der Waals surface area contributed by atoms with Crippen molar-refractivity contribution in [1.29, 1.82) is 0 Å². The molecular formula is C10H10ClFO2. The number of carbonyl (C=O) groups is 1. The van der Waals surface area contributed by atoms with Crippen molar-refractivity contribution < 1.29 is 13.9 Å². The van der Waals surface area contributed by atoms with E-state index in [1.165, 1.54) is 6.92 Å². The summed E-state index contributed by atoms with van der Waals surface area (Å²) in [5, 5.41) is 0.0842. The highest BCUT2D eigenvalue weighted by molar-refractivity contribution is 6.34. The van der Waals surface area contributed by atoms with Gasteiger partial charge in [-0.15, -0.1) is 0 Å². The number of hydrogen-bond acceptors (Lipinski definition) is 2. The molecule has 0 spiro atoms. The lowest BCUT2D eigenvalue weighted by Crippen LogP contribution is -2.02. The summed E-state index contributed by atoms with van der Waals surface area (Å²) in [5.41, 5.74) is 0.231. The van der Waals surface area contributed by atoms with E-state index in [2.05, 4.69) is 0 Å². The molecule has 0 fully saturated rings. The Morgan fingerprint density at radius 1 is 1.57 bits per heavy atom. The average molecular weight is 217 g/mol. The van der Waals surface area contributed by atoms with Crippen LogP contribution in [0.2, 0.25) is 5.02 Å². The minimum Gasteiger partial charge on any atom is -0.493 e. The first kappa shape index (κ1) is 11.0. The standard InChI is InChI=1S/C10H10ClFO2/c1-3-14-9-5-7(12)4-8(11)10(9)6(2)13/h4-5H,3H2,1-2H3. The number of Topliss-reactive ketones (excluding diaryl/α,β-unsaturated/α-hetero) is 1. The quantitative estimate of drug-likeness (QED) is 0.726. The normalized spacial score (nSPS) is 10.0. The molecule has 1 rings (SSSR count). The highest BCUT2D eigenvalue weighted by Gasteiger charge is 2.14. The van der Waals surface area contributed by atoms with E-state index in [1.807, 2.05) is 0 Å². The number of hydrogen-bond donors (Lipinski definition) is 0. The molecule has 0 saturated carbocycles. The van der Waals surface area contributed by atoms with Gasteiger partial charge in [0.05, 0.1) is 17.2 Å². The van der Waals surface area contributed by atoms with Gasteiger partial charge in [0.1, 0.15) is 11.6 Å². The van der Waals surface area contributed by atoms with Crippen molar-refractivity contribution >= 4 is 17.4 Å². The molecule has 0 aliphatic heterocycles. The molecule has 0 unspecified atom stereocenters. The van der Waals surface area contributed by atoms with E-state index in [0.29, 0.717) is 6.61 Å². The van der Waals surface area contributed by atoms with Gasteiger partial charge in [0.25, 0.3) is 0 Å². The second-order valence-electron chi connectivity index (χ2n) is 2.75. The van der Waals surface area contributed by atoms with Gasteiger partial charge < -0.3 is 4.74 Å². The molecule has 2 nitrogen and oxygen atoms in total. The first-order chi connectivity index (χ1) is 6.56. The van der Waals surface area contributed by atoms with Crippen LogP contribution >= 0.6 is 11.6 Å². The van der Waals surface area contributed by atoms with E-state index in [0.717, 1.165) is 12.1 Å². The van der Waals surface area contributed by atoms with Gasteiger partial charge in [-0.05, 0) is 19.9 Å². The van der Waals surface area contributed by atoms with Gasteiger partial charge in [-0.1, -0.05) is 11.6 Å². The second-order valence-corrected chi connectivity index (χ2v) is 3.16. The molecule has 0 saturated heterocycles. The van der Waals surface area contributed by atoms with Gasteiger partial charge in [0.15, 0.2) is 5.78 Å². The summed E-state index contributed by atoms with van der Waals surface area (Å²) in [5.74, 6) is -0.549. The maximum atomic E-state index is 12.9. The minimum atomic E-state index is -0.511. The van der Waals surface area contributed by atoms with Crippen molar-refractivity contribution in [3.63, 3.8) is 0 Å². The van der Waals surface area contributed by atoms with Crippen LogP contribution in [-0.4, -0.2) is 12.4 Å². The molecule has 0 atom stereocenters. The maximum Gasteiger partial charge on any atom is 0.165 e. The molecule has 0 N–H and O–H groups in total. The molecule has 0 radical (unpaired) electrons. The molecule has 14 heavy (non-hydrogen) atoms. The van der Waals surface area contributed by atoms with Crippen LogP contribution < -0.4 is 4.74 Å². The van der Waals surface area contributed by atoms with E-state index >= 15 is 0 Å². The fourth-order valence-corrected chi connectivity index (χ4v) is 1.49. The Bertz CT molecular complexity index is 363. The monoisotopic (exact) mass is 216 g/mol. The molecule has 0 aliphatic rings. The van der Waals surface area contributed by atoms with E-state index in [9.17, 15) is 9.18 Å². The van der Waals surface area contributed by atoms with Gasteiger partial charge in [0, 0.05) is 6.07 Å². The van der Waals surface area contributed by atoms with Gasteiger partial charge >= 0.3 is 0 Å². The summed E-state index contributed by atoms with van der Waals surface area (Å²) in [6.45, 7) is 3.48. The van der Waals surface area contributed by atoms with Crippen LogP contribution in [0.1, 0.15) is 24.2 Å². The summed E-state index contributed by atoms with van der Waals surface area (Å²) in [6.07, 6.45) is 0. The Hall–Kier alpha value is -1.09. The van der Waals surface area contributed by atoms with E-state index in [4.69, 9.17) is 16.3 Å². The summed E-state index contributed by atoms with van der Waals surface area (Å²) < 4.78 is 18.0. The Kier molecular flexibility index (Phi) is 3.47. The van der Waals surface area contributed by atoms with Crippen molar-refractivity contribution in [2.75, 3.05) is 6.61 Å². The largest absolute Gasteiger partial charge is 0.493 e. The lowest BCUT2D eigenvalue weighted by molar-refractivity contribution is 0.101. The first-order valence-corrected chi connectivity index (χ1v) is 4.56. The highest BCUT2D eigenvalue weighted by atomic mass is 35.5. The van der Waals surface area contributed by atoms with Gasteiger partial charge in [-0.2, -0.15) is 0 Å². The van der Waals surface area contributed by atoms with Gasteiger partial charge in [0.2, 0.25) is 0 Å². The zero-order valence-corrected chi connectivity index (χ0v) is 8.69. The van der Waals surface area contributed by atoms with Crippen LogP contribution in [0.5, 0.6) is 5.75 Å². The molecule has 4 heteroatoms. The van der Waals surface area contributed by atoms with Crippen molar-refractivity contribution in [1.82, 2.24) is 0 Å². The summed E-state index contributed by atoms with van der Waals surface area (Å²) >= 11 is 5.72. The summed E-state index contributed by atoms with van der Waals surface area (Å²) in [4.78, 5) is 11.2. The molecule has 1 aromatic carbocycles. The van der Waals surface area contributed by atoms with Crippen molar-refractivity contribution in [2.45, 2.75) is 13.8 Å². The van der Waals surface area contributed by atoms with Crippen molar-refractivity contribution in [3.8, 4) is 5.75 Å². The predicted octanol–water partition coefficient (Wildman–Crippen LogP) is 3.08. The summed E-state index contributed by atoms with van der Waals surface area (Å²) in [6, 6.07) is 2.26. The molecule has 0 heterocycles. The zero-order valence-electron chi connectivity index (χ0n) is 7.93. The first-order valence-electron chi connectivity index (χ1n) is 4.19. The lowest BCUT2D eigenvalue weighted by Gasteiger charge is -2.09. The topological polar surface area (TPSA) is 26.3 Å². The van der Waals surface area contributed by atoms with Gasteiger partial charge in [-0.25, -0.2) is 4.39 Å². The SMILES string of the molecule is CCOc1cc(F)cc(Cl)c1C(C)=O. The highest BCUT2D eigenvalue weighted by Crippen LogP contribution is 2.28. The number of ether oxygens (including phenoxy) is 1. The predicted molar refractivity (Wildman–Crippen MR) is 52.6 cm³/mol. The number of halogens is 2. The van der Waals surface area contributed by atoms with Crippen LogP contribution in [0.25, 0.3) is 0 Å². The van der Waals surface area contributed by atoms with Crippen LogP contribution in [0, 0.1) is 5.82 Å². The number of benzene rings is 1. The molecular weight excluding hydrogens is 207 g/mol. The number of rotatable bonds is 3. The van der Waals surface area contributed by atoms with E-state index in [1.54, 1.807) is 6.92 Å².